The molecule has 260 valence electrons. The Morgan fingerprint density at radius 2 is 1.29 bits per heavy atom. The summed E-state index contributed by atoms with van der Waals surface area (Å²) in [5, 5.41) is 10.3. The van der Waals surface area contributed by atoms with E-state index in [0.29, 0.717) is 29.5 Å². The zero-order valence-electron chi connectivity index (χ0n) is 27.3. The van der Waals surface area contributed by atoms with Gasteiger partial charge in [0, 0.05) is 22.9 Å². The smallest absolute Gasteiger partial charge is 0.417 e. The summed E-state index contributed by atoms with van der Waals surface area (Å²) < 4.78 is 89.6. The van der Waals surface area contributed by atoms with Crippen LogP contribution in [0.2, 0.25) is 0 Å². The number of halogens is 7. The van der Waals surface area contributed by atoms with Crippen LogP contribution in [0.1, 0.15) is 65.9 Å². The number of benzene rings is 3. The first-order valence-electron chi connectivity index (χ1n) is 15.3. The minimum atomic E-state index is -4.49. The van der Waals surface area contributed by atoms with Crippen molar-refractivity contribution in [3.63, 3.8) is 0 Å². The predicted molar refractivity (Wildman–Crippen MR) is 174 cm³/mol. The van der Waals surface area contributed by atoms with Gasteiger partial charge in [-0.2, -0.15) is 26.3 Å². The molecule has 0 saturated carbocycles. The Morgan fingerprint density at radius 1 is 0.796 bits per heavy atom. The van der Waals surface area contributed by atoms with Crippen molar-refractivity contribution >= 4 is 17.3 Å². The lowest BCUT2D eigenvalue weighted by atomic mass is 9.95. The van der Waals surface area contributed by atoms with Gasteiger partial charge in [0.05, 0.1) is 34.8 Å². The minimum Gasteiger partial charge on any atom is -0.441 e. The molecule has 0 amide bonds. The molecule has 3 heterocycles. The number of alkyl halides is 7. The lowest BCUT2D eigenvalue weighted by Crippen LogP contribution is -2.29. The van der Waals surface area contributed by atoms with Gasteiger partial charge < -0.3 is 18.8 Å². The summed E-state index contributed by atoms with van der Waals surface area (Å²) in [7, 11) is 0. The lowest BCUT2D eigenvalue weighted by molar-refractivity contribution is -0.138. The average molecular weight is 706 g/mol. The molecule has 13 heteroatoms. The number of oxazole rings is 2. The number of aryl methyl sites for hydroxylation is 2. The lowest BCUT2D eigenvalue weighted by Gasteiger charge is -2.24. The summed E-state index contributed by atoms with van der Waals surface area (Å²) in [6, 6.07) is 16.6. The van der Waals surface area contributed by atoms with E-state index in [9.17, 15) is 31.4 Å². The first-order chi connectivity index (χ1) is 22.9. The van der Waals surface area contributed by atoms with Crippen LogP contribution >= 0.6 is 11.6 Å². The largest absolute Gasteiger partial charge is 0.441 e. The van der Waals surface area contributed by atoms with Crippen LogP contribution < -0.4 is 4.90 Å². The molecule has 0 saturated heterocycles. The van der Waals surface area contributed by atoms with E-state index in [1.165, 1.54) is 30.3 Å². The highest BCUT2D eigenvalue weighted by Gasteiger charge is 2.36. The molecule has 0 fully saturated rings. The third-order valence-corrected chi connectivity index (χ3v) is 8.55. The van der Waals surface area contributed by atoms with Gasteiger partial charge in [0.2, 0.25) is 11.8 Å². The fourth-order valence-corrected chi connectivity index (χ4v) is 5.92. The second-order valence-corrected chi connectivity index (χ2v) is 12.6. The second kappa shape index (κ2) is 13.5. The van der Waals surface area contributed by atoms with Crippen LogP contribution in [0.25, 0.3) is 22.9 Å². The quantitative estimate of drug-likeness (QED) is 0.140. The van der Waals surface area contributed by atoms with Crippen molar-refractivity contribution in [3.05, 3.63) is 112 Å². The first-order valence-corrected chi connectivity index (χ1v) is 15.9. The number of aliphatic hydroxyl groups is 1. The molecule has 1 aliphatic heterocycles. The molecule has 0 radical (unpaired) electrons. The van der Waals surface area contributed by atoms with Crippen molar-refractivity contribution in [1.29, 1.82) is 0 Å². The van der Waals surface area contributed by atoms with Gasteiger partial charge in [-0.1, -0.05) is 36.4 Å². The average Bonchev–Trinajstić information content (AvgIpc) is 3.69. The maximum atomic E-state index is 13.4. The Morgan fingerprint density at radius 3 is 1.76 bits per heavy atom. The molecule has 1 aliphatic rings. The number of fused-ring (bicyclic) bond motifs is 1. The summed E-state index contributed by atoms with van der Waals surface area (Å²) in [5.41, 5.74) is 1.49. The van der Waals surface area contributed by atoms with Crippen LogP contribution in [-0.4, -0.2) is 21.1 Å². The van der Waals surface area contributed by atoms with Gasteiger partial charge in [0.1, 0.15) is 17.2 Å². The number of nitrogens with zero attached hydrogens (tertiary/aromatic N) is 3. The summed E-state index contributed by atoms with van der Waals surface area (Å²) in [6.07, 6.45) is -8.11. The summed E-state index contributed by atoms with van der Waals surface area (Å²) in [5.74, 6) is 0.947. The maximum Gasteiger partial charge on any atom is 0.417 e. The zero-order valence-corrected chi connectivity index (χ0v) is 28.1. The molecule has 2 aromatic heterocycles. The van der Waals surface area contributed by atoms with Crippen LogP contribution in [-0.2, 0) is 36.8 Å². The standard InChI is InChI=1S/C24H25F3N2O2.C12H9ClF3NO/c1-14-11-16-12-17(23(3,4)30)9-10-21(16)29(14)13-20-15(2)31-22(28-20)18-7-5-6-8-19(18)24(25,26)27;1-7-10(6-13)17-11(18-7)8-4-2-3-5-9(8)12(14,15)16/h5-10,12,14,30H,11,13H2,1-4H3;2-5H,6H2,1H3. The molecule has 6 rings (SSSR count). The number of hydrogen-bond acceptors (Lipinski definition) is 6. The molecule has 6 nitrogen and oxygen atoms in total. The van der Waals surface area contributed by atoms with Crippen LogP contribution in [0.15, 0.2) is 75.6 Å². The molecule has 5 aromatic rings. The molecular weight excluding hydrogens is 672 g/mol. The van der Waals surface area contributed by atoms with E-state index in [1.54, 1.807) is 33.8 Å². The van der Waals surface area contributed by atoms with Gasteiger partial charge in [-0.15, -0.1) is 11.6 Å². The van der Waals surface area contributed by atoms with Crippen LogP contribution in [0, 0.1) is 13.8 Å². The highest BCUT2D eigenvalue weighted by Crippen LogP contribution is 2.40. The Kier molecular flexibility index (Phi) is 9.96. The normalized spacial score (nSPS) is 14.9. The number of hydrogen-bond donors (Lipinski definition) is 1. The van der Waals surface area contributed by atoms with Gasteiger partial charge in [-0.25, -0.2) is 9.97 Å². The molecule has 49 heavy (non-hydrogen) atoms. The Balaban J connectivity index is 0.000000221. The first kappa shape index (κ1) is 36.0. The van der Waals surface area contributed by atoms with Crippen molar-refractivity contribution < 1.29 is 40.3 Å². The van der Waals surface area contributed by atoms with Crippen LogP contribution in [0.3, 0.4) is 0 Å². The van der Waals surface area contributed by atoms with Crippen molar-refractivity contribution in [3.8, 4) is 22.9 Å². The molecule has 0 spiro atoms. The molecule has 1 N–H and O–H groups in total. The predicted octanol–water partition coefficient (Wildman–Crippen LogP) is 10.3. The topological polar surface area (TPSA) is 75.5 Å². The minimum absolute atomic E-state index is 0.0233. The van der Waals surface area contributed by atoms with E-state index < -0.39 is 29.1 Å². The van der Waals surface area contributed by atoms with Crippen molar-refractivity contribution in [2.24, 2.45) is 0 Å². The summed E-state index contributed by atoms with van der Waals surface area (Å²) in [6.45, 7) is 9.37. The molecule has 3 aromatic carbocycles. The molecule has 0 bridgehead atoms. The van der Waals surface area contributed by atoms with E-state index in [0.717, 1.165) is 35.4 Å². The van der Waals surface area contributed by atoms with Crippen LogP contribution in [0.5, 0.6) is 0 Å². The number of anilines is 1. The van der Waals surface area contributed by atoms with Gasteiger partial charge in [0.15, 0.2) is 0 Å². The second-order valence-electron chi connectivity index (χ2n) is 12.3. The van der Waals surface area contributed by atoms with Gasteiger partial charge in [-0.05, 0) is 82.5 Å². The molecule has 1 unspecified atom stereocenters. The fourth-order valence-electron chi connectivity index (χ4n) is 5.67. The van der Waals surface area contributed by atoms with E-state index in [1.807, 2.05) is 18.2 Å². The Bertz CT molecular complexity index is 1940. The van der Waals surface area contributed by atoms with Crippen LogP contribution in [0.4, 0.5) is 32.0 Å². The van der Waals surface area contributed by atoms with E-state index >= 15 is 0 Å². The summed E-state index contributed by atoms with van der Waals surface area (Å²) >= 11 is 5.62. The molecule has 0 aliphatic carbocycles. The van der Waals surface area contributed by atoms with E-state index in [2.05, 4.69) is 21.8 Å². The molecular formula is C36H34ClF6N3O3. The third kappa shape index (κ3) is 7.80. The SMILES string of the molecule is Cc1oc(-c2ccccc2C(F)(F)F)nc1CCl.Cc1oc(-c2ccccc2C(F)(F)F)nc1CN1c2ccc(C(C)(C)O)cc2CC1C. The number of rotatable bonds is 6. The Labute approximate surface area is 284 Å². The monoisotopic (exact) mass is 705 g/mol. The van der Waals surface area contributed by atoms with E-state index in [4.69, 9.17) is 20.4 Å². The number of aromatic nitrogens is 2. The van der Waals surface area contributed by atoms with Gasteiger partial charge in [0.25, 0.3) is 0 Å². The highest BCUT2D eigenvalue weighted by molar-refractivity contribution is 6.17. The molecule has 1 atom stereocenters. The van der Waals surface area contributed by atoms with Crippen molar-refractivity contribution in [2.75, 3.05) is 4.90 Å². The Hall–Kier alpha value is -4.29. The van der Waals surface area contributed by atoms with Crippen molar-refractivity contribution in [2.45, 2.75) is 77.5 Å². The summed E-state index contributed by atoms with van der Waals surface area (Å²) in [4.78, 5) is 10.6. The van der Waals surface area contributed by atoms with E-state index in [-0.39, 0.29) is 34.8 Å². The van der Waals surface area contributed by atoms with Crippen molar-refractivity contribution in [1.82, 2.24) is 9.97 Å². The maximum absolute atomic E-state index is 13.4. The third-order valence-electron chi connectivity index (χ3n) is 8.30. The fraction of sp³-hybridized carbons (Fsp3) is 0.333. The van der Waals surface area contributed by atoms with Gasteiger partial charge >= 0.3 is 12.4 Å². The van der Waals surface area contributed by atoms with Gasteiger partial charge in [-0.3, -0.25) is 0 Å². The highest BCUT2D eigenvalue weighted by atomic mass is 35.5. The zero-order chi connectivity index (χ0) is 35.9.